The van der Waals surface area contributed by atoms with E-state index in [0.29, 0.717) is 31.6 Å². The highest BCUT2D eigenvalue weighted by Crippen LogP contribution is 2.31. The van der Waals surface area contributed by atoms with Crippen molar-refractivity contribution in [3.63, 3.8) is 0 Å². The molecule has 2 aromatic heterocycles. The van der Waals surface area contributed by atoms with E-state index in [4.69, 9.17) is 34.6 Å². The van der Waals surface area contributed by atoms with Crippen LogP contribution >= 0.6 is 23.4 Å². The SMILES string of the molecule is CS[C@H]1OC([C@H](NC(=O)[C@@H]2CC[C@H](CCCCOc3cccnc3)CCN2C(=O)OCc2oc(=O)oc2C)[C@H](C)Cl)[C@H](O)[C@H](O)[C@H]1O. The molecule has 0 aliphatic carbocycles. The first-order valence-electron chi connectivity index (χ1n) is 15.7. The number of thioether (sulfide) groups is 1. The van der Waals surface area contributed by atoms with Crippen molar-refractivity contribution < 1.29 is 48.0 Å². The number of hydrogen-bond donors (Lipinski definition) is 4. The molecule has 1 unspecified atom stereocenters. The number of alkyl halides is 1. The standard InChI is InChI=1S/C31H44ClN3O11S/c1-17(32)23(27-25(37)24(36)26(38)29(46-27)47-3)34-28(39)21-10-9-19(7-4-5-14-42-20-8-6-12-33-15-20)11-13-35(21)30(40)43-16-22-18(2)44-31(41)45-22/h6,8,12,15,17,19,21,23-27,29,36-38H,4-5,7,9-11,13-14,16H2,1-3H3,(H,34,39)/t17-,19-,21-,23+,24-,25+,26+,27?,29+/m0/s1. The number of aromatic nitrogens is 1. The predicted molar refractivity (Wildman–Crippen MR) is 171 cm³/mol. The number of aliphatic hydroxyl groups is 3. The highest BCUT2D eigenvalue weighted by atomic mass is 35.5. The molecule has 262 valence electrons. The summed E-state index contributed by atoms with van der Waals surface area (Å²) >= 11 is 7.64. The third-order valence-electron chi connectivity index (χ3n) is 8.61. The quantitative estimate of drug-likeness (QED) is 0.176. The first kappa shape index (κ1) is 37.0. The number of carbonyl (C=O) groups is 2. The lowest BCUT2D eigenvalue weighted by atomic mass is 9.92. The maximum absolute atomic E-state index is 13.9. The monoisotopic (exact) mass is 701 g/mol. The van der Waals surface area contributed by atoms with Crippen molar-refractivity contribution in [2.75, 3.05) is 19.4 Å². The van der Waals surface area contributed by atoms with E-state index in [-0.39, 0.29) is 30.6 Å². The van der Waals surface area contributed by atoms with Crippen molar-refractivity contribution >= 4 is 35.4 Å². The smallest absolute Gasteiger partial charge is 0.492 e. The number of nitrogens with one attached hydrogen (secondary N) is 1. The zero-order valence-corrected chi connectivity index (χ0v) is 28.2. The fourth-order valence-corrected chi connectivity index (χ4v) is 6.79. The topological polar surface area (TPSA) is 194 Å². The molecule has 0 radical (unpaired) electrons. The number of ether oxygens (including phenoxy) is 3. The number of unbranched alkanes of at least 4 members (excludes halogenated alkanes) is 1. The minimum atomic E-state index is -1.53. The molecule has 2 aliphatic rings. The molecular weight excluding hydrogens is 658 g/mol. The van der Waals surface area contributed by atoms with Crippen LogP contribution in [-0.4, -0.2) is 104 Å². The zero-order chi connectivity index (χ0) is 34.1. The van der Waals surface area contributed by atoms with Gasteiger partial charge in [0.2, 0.25) is 5.91 Å². The van der Waals surface area contributed by atoms with Gasteiger partial charge < -0.3 is 43.7 Å². The second kappa shape index (κ2) is 17.5. The van der Waals surface area contributed by atoms with E-state index in [1.807, 2.05) is 12.1 Å². The van der Waals surface area contributed by atoms with Gasteiger partial charge in [-0.25, -0.2) is 9.59 Å². The second-order valence-corrected chi connectivity index (χ2v) is 13.5. The zero-order valence-electron chi connectivity index (χ0n) is 26.7. The highest BCUT2D eigenvalue weighted by Gasteiger charge is 2.48. The second-order valence-electron chi connectivity index (χ2n) is 11.9. The molecule has 2 aromatic rings. The number of aliphatic hydroxyl groups excluding tert-OH is 3. The normalized spacial score (nSPS) is 27.8. The van der Waals surface area contributed by atoms with Crippen molar-refractivity contribution in [2.45, 2.75) is 106 Å². The van der Waals surface area contributed by atoms with E-state index in [1.54, 1.807) is 25.6 Å². The number of aryl methyl sites for hydroxylation is 1. The van der Waals surface area contributed by atoms with Gasteiger partial charge in [0.25, 0.3) is 0 Å². The first-order chi connectivity index (χ1) is 22.5. The van der Waals surface area contributed by atoms with Crippen molar-refractivity contribution in [3.05, 3.63) is 46.7 Å². The Hall–Kier alpha value is -2.82. The van der Waals surface area contributed by atoms with Crippen LogP contribution in [0.15, 0.2) is 38.2 Å². The Morgan fingerprint density at radius 1 is 1.17 bits per heavy atom. The molecular formula is C31H44ClN3O11S. The Kier molecular flexibility index (Phi) is 13.8. The molecule has 14 nitrogen and oxygen atoms in total. The van der Waals surface area contributed by atoms with E-state index in [2.05, 4.69) is 10.3 Å². The summed E-state index contributed by atoms with van der Waals surface area (Å²) in [5.74, 6) is -0.270. The van der Waals surface area contributed by atoms with Gasteiger partial charge in [0.15, 0.2) is 18.1 Å². The van der Waals surface area contributed by atoms with E-state index in [0.717, 1.165) is 31.0 Å². The van der Waals surface area contributed by atoms with Gasteiger partial charge in [-0.15, -0.1) is 23.4 Å². The average Bonchev–Trinajstić information content (AvgIpc) is 3.23. The van der Waals surface area contributed by atoms with Crippen molar-refractivity contribution in [1.82, 2.24) is 15.2 Å². The summed E-state index contributed by atoms with van der Waals surface area (Å²) in [6.07, 6.45) is 2.91. The van der Waals surface area contributed by atoms with Crippen LogP contribution in [-0.2, 0) is 20.9 Å². The van der Waals surface area contributed by atoms with Gasteiger partial charge in [0.05, 0.1) is 24.2 Å². The first-order valence-corrected chi connectivity index (χ1v) is 17.4. The molecule has 2 aliphatic heterocycles. The molecule has 2 fully saturated rings. The summed E-state index contributed by atoms with van der Waals surface area (Å²) < 4.78 is 26.9. The van der Waals surface area contributed by atoms with Gasteiger partial charge in [0, 0.05) is 12.7 Å². The van der Waals surface area contributed by atoms with Crippen LogP contribution < -0.4 is 15.9 Å². The Morgan fingerprint density at radius 2 is 1.96 bits per heavy atom. The van der Waals surface area contributed by atoms with E-state index < -0.39 is 65.1 Å². The van der Waals surface area contributed by atoms with Crippen LogP contribution in [0, 0.1) is 12.8 Å². The molecule has 0 bridgehead atoms. The molecule has 2 saturated heterocycles. The van der Waals surface area contributed by atoms with Crippen LogP contribution in [0.2, 0.25) is 0 Å². The molecule has 4 rings (SSSR count). The van der Waals surface area contributed by atoms with Crippen molar-refractivity contribution in [2.24, 2.45) is 5.92 Å². The molecule has 4 N–H and O–H groups in total. The fraction of sp³-hybridized carbons (Fsp3) is 0.677. The maximum atomic E-state index is 13.9. The molecule has 16 heteroatoms. The van der Waals surface area contributed by atoms with Gasteiger partial charge in [0.1, 0.15) is 41.6 Å². The van der Waals surface area contributed by atoms with Crippen LogP contribution in [0.1, 0.15) is 57.0 Å². The Labute approximate surface area is 282 Å². The summed E-state index contributed by atoms with van der Waals surface area (Å²) in [4.78, 5) is 44.2. The number of halogens is 1. The van der Waals surface area contributed by atoms with Crippen LogP contribution in [0.5, 0.6) is 5.75 Å². The maximum Gasteiger partial charge on any atom is 0.519 e. The van der Waals surface area contributed by atoms with Crippen molar-refractivity contribution in [1.29, 1.82) is 0 Å². The molecule has 0 saturated carbocycles. The van der Waals surface area contributed by atoms with Gasteiger partial charge in [-0.05, 0) is 70.3 Å². The molecule has 9 atom stereocenters. The number of amides is 2. The molecule has 0 aromatic carbocycles. The molecule has 4 heterocycles. The van der Waals surface area contributed by atoms with Crippen LogP contribution in [0.4, 0.5) is 4.79 Å². The van der Waals surface area contributed by atoms with E-state index in [9.17, 15) is 29.7 Å². The van der Waals surface area contributed by atoms with Gasteiger partial charge in [-0.2, -0.15) is 0 Å². The third kappa shape index (κ3) is 9.86. The molecule has 0 spiro atoms. The van der Waals surface area contributed by atoms with Crippen LogP contribution in [0.25, 0.3) is 0 Å². The summed E-state index contributed by atoms with van der Waals surface area (Å²) in [5, 5.41) is 33.7. The molecule has 47 heavy (non-hydrogen) atoms. The Balaban J connectivity index is 1.44. The van der Waals surface area contributed by atoms with Gasteiger partial charge in [-0.3, -0.25) is 14.7 Å². The minimum Gasteiger partial charge on any atom is -0.492 e. The summed E-state index contributed by atoms with van der Waals surface area (Å²) in [6, 6.07) is 1.73. The summed E-state index contributed by atoms with van der Waals surface area (Å²) in [7, 11) is 0. The lowest BCUT2D eigenvalue weighted by molar-refractivity contribution is -0.205. The number of pyridine rings is 1. The average molecular weight is 702 g/mol. The number of likely N-dealkylation sites (tertiary alicyclic amines) is 1. The number of hydrogen-bond acceptors (Lipinski definition) is 13. The summed E-state index contributed by atoms with van der Waals surface area (Å²) in [6.45, 7) is 3.53. The largest absolute Gasteiger partial charge is 0.519 e. The lowest BCUT2D eigenvalue weighted by Gasteiger charge is -2.44. The predicted octanol–water partition coefficient (Wildman–Crippen LogP) is 2.58. The van der Waals surface area contributed by atoms with Gasteiger partial charge in [-0.1, -0.05) is 6.42 Å². The van der Waals surface area contributed by atoms with Crippen molar-refractivity contribution in [3.8, 4) is 5.75 Å². The number of nitrogens with zero attached hydrogens (tertiary/aromatic N) is 2. The minimum absolute atomic E-state index is 0.0640. The lowest BCUT2D eigenvalue weighted by Crippen LogP contribution is -2.65. The molecule has 2 amide bonds. The number of rotatable bonds is 13. The number of carbonyl (C=O) groups excluding carboxylic acids is 2. The van der Waals surface area contributed by atoms with Crippen LogP contribution in [0.3, 0.4) is 0 Å². The van der Waals surface area contributed by atoms with Gasteiger partial charge >= 0.3 is 11.9 Å². The third-order valence-corrected chi connectivity index (χ3v) is 9.73. The Morgan fingerprint density at radius 3 is 2.62 bits per heavy atom. The highest BCUT2D eigenvalue weighted by molar-refractivity contribution is 7.99. The summed E-state index contributed by atoms with van der Waals surface area (Å²) in [5.41, 5.74) is -0.862. The van der Waals surface area contributed by atoms with E-state index in [1.165, 1.54) is 11.8 Å². The van der Waals surface area contributed by atoms with E-state index >= 15 is 0 Å². The Bertz CT molecular complexity index is 1340. The fourth-order valence-electron chi connectivity index (χ4n) is 5.91.